The molecule has 1 amide bonds. The number of carbonyl (C=O) groups excluding carboxylic acids is 1. The van der Waals surface area contributed by atoms with Crippen LogP contribution in [-0.4, -0.2) is 54.5 Å². The summed E-state index contributed by atoms with van der Waals surface area (Å²) in [5.41, 5.74) is 2.00. The predicted octanol–water partition coefficient (Wildman–Crippen LogP) is 2.99. The van der Waals surface area contributed by atoms with Crippen molar-refractivity contribution in [1.29, 1.82) is 0 Å². The third-order valence-corrected chi connectivity index (χ3v) is 4.28. The minimum atomic E-state index is -0.116. The highest BCUT2D eigenvalue weighted by atomic mass is 16.2. The molecule has 1 atom stereocenters. The summed E-state index contributed by atoms with van der Waals surface area (Å²) in [6, 6.07) is 7.81. The van der Waals surface area contributed by atoms with Crippen molar-refractivity contribution in [3.05, 3.63) is 29.8 Å². The Labute approximate surface area is 135 Å². The van der Waals surface area contributed by atoms with E-state index in [1.807, 2.05) is 31.2 Å². The van der Waals surface area contributed by atoms with Crippen molar-refractivity contribution < 1.29 is 4.79 Å². The molecule has 1 aromatic rings. The minimum Gasteiger partial charge on any atom is -0.324 e. The largest absolute Gasteiger partial charge is 0.324 e. The van der Waals surface area contributed by atoms with Gasteiger partial charge in [0.05, 0.1) is 0 Å². The lowest BCUT2D eigenvalue weighted by atomic mass is 10.1. The van der Waals surface area contributed by atoms with Gasteiger partial charge < -0.3 is 10.2 Å². The first-order valence-electron chi connectivity index (χ1n) is 8.40. The molecule has 1 aromatic carbocycles. The van der Waals surface area contributed by atoms with E-state index in [-0.39, 0.29) is 11.9 Å². The molecule has 124 valence electrons. The molecular formula is C18H31N3O. The standard InChI is InChI=1S/C18H31N3O/c1-6-20(7-2)14-17(21(8-3)9-4)18(22)19-16-13-11-10-12-15(16)5/h10-13,17H,6-9,14H2,1-5H3,(H,19,22). The van der Waals surface area contributed by atoms with E-state index in [1.54, 1.807) is 0 Å². The summed E-state index contributed by atoms with van der Waals surface area (Å²) in [6.07, 6.45) is 0. The summed E-state index contributed by atoms with van der Waals surface area (Å²) in [7, 11) is 0. The number of hydrogen-bond donors (Lipinski definition) is 1. The van der Waals surface area contributed by atoms with Crippen molar-refractivity contribution in [1.82, 2.24) is 9.80 Å². The summed E-state index contributed by atoms with van der Waals surface area (Å²) in [5.74, 6) is 0.0879. The van der Waals surface area contributed by atoms with E-state index in [0.29, 0.717) is 0 Å². The quantitative estimate of drug-likeness (QED) is 0.762. The maximum absolute atomic E-state index is 12.8. The van der Waals surface area contributed by atoms with Crippen molar-refractivity contribution in [3.63, 3.8) is 0 Å². The highest BCUT2D eigenvalue weighted by molar-refractivity contribution is 5.95. The molecule has 4 heteroatoms. The van der Waals surface area contributed by atoms with Gasteiger partial charge >= 0.3 is 0 Å². The lowest BCUT2D eigenvalue weighted by Gasteiger charge is -2.32. The van der Waals surface area contributed by atoms with Gasteiger partial charge in [0.2, 0.25) is 5.91 Å². The zero-order valence-electron chi connectivity index (χ0n) is 14.7. The summed E-state index contributed by atoms with van der Waals surface area (Å²) >= 11 is 0. The molecule has 1 unspecified atom stereocenters. The second-order valence-corrected chi connectivity index (χ2v) is 5.53. The van der Waals surface area contributed by atoms with Crippen LogP contribution in [0.15, 0.2) is 24.3 Å². The van der Waals surface area contributed by atoms with Crippen LogP contribution in [0.4, 0.5) is 5.69 Å². The van der Waals surface area contributed by atoms with Gasteiger partial charge in [0.15, 0.2) is 0 Å². The molecule has 0 radical (unpaired) electrons. The Balaban J connectivity index is 2.89. The van der Waals surface area contributed by atoms with Crippen molar-refractivity contribution in [2.45, 2.75) is 40.7 Å². The van der Waals surface area contributed by atoms with Crippen molar-refractivity contribution in [3.8, 4) is 0 Å². The highest BCUT2D eigenvalue weighted by Gasteiger charge is 2.26. The SMILES string of the molecule is CCN(CC)CC(C(=O)Nc1ccccc1C)N(CC)CC. The van der Waals surface area contributed by atoms with Crippen LogP contribution in [0.25, 0.3) is 0 Å². The Bertz CT molecular complexity index is 453. The average molecular weight is 305 g/mol. The minimum absolute atomic E-state index is 0.0879. The lowest BCUT2D eigenvalue weighted by molar-refractivity contribution is -0.121. The zero-order chi connectivity index (χ0) is 16.5. The van der Waals surface area contributed by atoms with Gasteiger partial charge in [-0.1, -0.05) is 45.9 Å². The van der Waals surface area contributed by atoms with Crippen molar-refractivity contribution in [2.75, 3.05) is 38.0 Å². The van der Waals surface area contributed by atoms with Crippen LogP contribution in [0.1, 0.15) is 33.3 Å². The molecule has 1 N–H and O–H groups in total. The monoisotopic (exact) mass is 305 g/mol. The maximum Gasteiger partial charge on any atom is 0.243 e. The fourth-order valence-corrected chi connectivity index (χ4v) is 2.68. The number of carbonyl (C=O) groups is 1. The maximum atomic E-state index is 12.8. The molecule has 0 bridgehead atoms. The molecule has 4 nitrogen and oxygen atoms in total. The number of hydrogen-bond acceptors (Lipinski definition) is 3. The Morgan fingerprint density at radius 1 is 1.05 bits per heavy atom. The lowest BCUT2D eigenvalue weighted by Crippen LogP contribution is -2.50. The Hall–Kier alpha value is -1.39. The first-order chi connectivity index (χ1) is 10.6. The highest BCUT2D eigenvalue weighted by Crippen LogP contribution is 2.15. The zero-order valence-corrected chi connectivity index (χ0v) is 14.7. The van der Waals surface area contributed by atoms with Crippen LogP contribution >= 0.6 is 0 Å². The second kappa shape index (κ2) is 9.59. The van der Waals surface area contributed by atoms with Crippen LogP contribution in [0, 0.1) is 6.92 Å². The fourth-order valence-electron chi connectivity index (χ4n) is 2.68. The van der Waals surface area contributed by atoms with Crippen LogP contribution in [0.3, 0.4) is 0 Å². The molecule has 0 aliphatic rings. The van der Waals surface area contributed by atoms with E-state index >= 15 is 0 Å². The normalized spacial score (nSPS) is 12.7. The van der Waals surface area contributed by atoms with Crippen molar-refractivity contribution in [2.24, 2.45) is 0 Å². The number of likely N-dealkylation sites (N-methyl/N-ethyl adjacent to an activating group) is 2. The smallest absolute Gasteiger partial charge is 0.243 e. The number of benzene rings is 1. The van der Waals surface area contributed by atoms with Gasteiger partial charge in [0, 0.05) is 12.2 Å². The molecule has 1 rings (SSSR count). The predicted molar refractivity (Wildman–Crippen MR) is 94.3 cm³/mol. The number of nitrogens with one attached hydrogen (secondary N) is 1. The molecule has 0 aromatic heterocycles. The van der Waals surface area contributed by atoms with E-state index in [0.717, 1.165) is 44.0 Å². The van der Waals surface area contributed by atoms with Crippen LogP contribution < -0.4 is 5.32 Å². The van der Waals surface area contributed by atoms with Crippen LogP contribution in [-0.2, 0) is 4.79 Å². The van der Waals surface area contributed by atoms with E-state index in [2.05, 4.69) is 42.8 Å². The third kappa shape index (κ3) is 5.11. The van der Waals surface area contributed by atoms with E-state index in [9.17, 15) is 4.79 Å². The molecule has 0 spiro atoms. The average Bonchev–Trinajstić information content (AvgIpc) is 2.53. The first-order valence-corrected chi connectivity index (χ1v) is 8.40. The summed E-state index contributed by atoms with van der Waals surface area (Å²) in [6.45, 7) is 15.0. The van der Waals surface area contributed by atoms with Gasteiger partial charge in [-0.2, -0.15) is 0 Å². The fraction of sp³-hybridized carbons (Fsp3) is 0.611. The topological polar surface area (TPSA) is 35.6 Å². The van der Waals surface area contributed by atoms with E-state index < -0.39 is 0 Å². The van der Waals surface area contributed by atoms with Crippen LogP contribution in [0.2, 0.25) is 0 Å². The molecular weight excluding hydrogens is 274 g/mol. The molecule has 22 heavy (non-hydrogen) atoms. The van der Waals surface area contributed by atoms with Gasteiger partial charge in [-0.15, -0.1) is 0 Å². The van der Waals surface area contributed by atoms with Gasteiger partial charge in [0.1, 0.15) is 6.04 Å². The molecule has 0 heterocycles. The van der Waals surface area contributed by atoms with Gasteiger partial charge in [0.25, 0.3) is 0 Å². The summed E-state index contributed by atoms with van der Waals surface area (Å²) in [5, 5.41) is 3.11. The van der Waals surface area contributed by atoms with Gasteiger partial charge in [-0.25, -0.2) is 0 Å². The number of nitrogens with zero attached hydrogens (tertiary/aromatic N) is 2. The molecule has 0 saturated heterocycles. The number of aryl methyl sites for hydroxylation is 1. The number of rotatable bonds is 9. The second-order valence-electron chi connectivity index (χ2n) is 5.53. The van der Waals surface area contributed by atoms with E-state index in [1.165, 1.54) is 0 Å². The van der Waals surface area contributed by atoms with Gasteiger partial charge in [-0.3, -0.25) is 9.69 Å². The van der Waals surface area contributed by atoms with Crippen LogP contribution in [0.5, 0.6) is 0 Å². The Morgan fingerprint density at radius 3 is 2.14 bits per heavy atom. The third-order valence-electron chi connectivity index (χ3n) is 4.28. The first kappa shape index (κ1) is 18.7. The number of para-hydroxylation sites is 1. The summed E-state index contributed by atoms with van der Waals surface area (Å²) < 4.78 is 0. The molecule has 0 aliphatic carbocycles. The Kier molecular flexibility index (Phi) is 8.13. The molecule has 0 fully saturated rings. The number of anilines is 1. The molecule has 0 aliphatic heterocycles. The van der Waals surface area contributed by atoms with Gasteiger partial charge in [-0.05, 0) is 44.7 Å². The molecule has 0 saturated carbocycles. The number of amides is 1. The summed E-state index contributed by atoms with van der Waals surface area (Å²) in [4.78, 5) is 17.3. The van der Waals surface area contributed by atoms with Crippen molar-refractivity contribution >= 4 is 11.6 Å². The van der Waals surface area contributed by atoms with E-state index in [4.69, 9.17) is 0 Å². The Morgan fingerprint density at radius 2 is 1.64 bits per heavy atom.